The maximum absolute atomic E-state index is 12.0. The molecule has 21 heavy (non-hydrogen) atoms. The zero-order valence-corrected chi connectivity index (χ0v) is 11.2. The zero-order valence-electron chi connectivity index (χ0n) is 11.2. The Kier molecular flexibility index (Phi) is 5.94. The van der Waals surface area contributed by atoms with Crippen molar-refractivity contribution >= 4 is 12.0 Å². The highest BCUT2D eigenvalue weighted by molar-refractivity contribution is 5.94. The van der Waals surface area contributed by atoms with E-state index in [9.17, 15) is 22.8 Å². The van der Waals surface area contributed by atoms with Crippen molar-refractivity contribution in [3.8, 4) is 0 Å². The highest BCUT2D eigenvalue weighted by Gasteiger charge is 2.27. The predicted octanol–water partition coefficient (Wildman–Crippen LogP) is 1.62. The second kappa shape index (κ2) is 7.46. The van der Waals surface area contributed by atoms with Crippen LogP contribution in [0, 0.1) is 0 Å². The Balaban J connectivity index is 2.59. The van der Waals surface area contributed by atoms with Crippen molar-refractivity contribution in [1.29, 1.82) is 0 Å². The predicted molar refractivity (Wildman–Crippen MR) is 66.5 cm³/mol. The number of amides is 2. The summed E-state index contributed by atoms with van der Waals surface area (Å²) in [7, 11) is 0. The Labute approximate surface area is 118 Å². The van der Waals surface area contributed by atoms with Gasteiger partial charge in [-0.1, -0.05) is 0 Å². The van der Waals surface area contributed by atoms with Gasteiger partial charge < -0.3 is 15.4 Å². The van der Waals surface area contributed by atoms with Gasteiger partial charge in [-0.05, 0) is 19.1 Å². The van der Waals surface area contributed by atoms with Crippen LogP contribution in [0.3, 0.4) is 0 Å². The number of nitrogens with zero attached hydrogens (tertiary/aromatic N) is 1. The quantitative estimate of drug-likeness (QED) is 0.866. The van der Waals surface area contributed by atoms with Crippen LogP contribution in [0.2, 0.25) is 0 Å². The minimum Gasteiger partial charge on any atom is -0.450 e. The number of pyridine rings is 1. The van der Waals surface area contributed by atoms with Crippen molar-refractivity contribution in [1.82, 2.24) is 15.6 Å². The molecule has 116 valence electrons. The Morgan fingerprint density at radius 2 is 2.05 bits per heavy atom. The molecule has 2 N–H and O–H groups in total. The largest absolute Gasteiger partial charge is 0.450 e. The van der Waals surface area contributed by atoms with Crippen molar-refractivity contribution in [3.05, 3.63) is 29.6 Å². The molecule has 0 spiro atoms. The number of ether oxygens (including phenoxy) is 1. The van der Waals surface area contributed by atoms with Crippen LogP contribution in [0.1, 0.15) is 23.0 Å². The molecule has 0 aliphatic rings. The molecule has 0 aromatic carbocycles. The summed E-state index contributed by atoms with van der Waals surface area (Å²) in [6, 6.07) is 2.57. The fraction of sp³-hybridized carbons (Fsp3) is 0.417. The third-order valence-corrected chi connectivity index (χ3v) is 2.22. The number of hydrogen-bond acceptors (Lipinski definition) is 4. The first kappa shape index (κ1) is 16.7. The summed E-state index contributed by atoms with van der Waals surface area (Å²) in [6.45, 7) is 0.437. The Bertz CT molecular complexity index is 506. The van der Waals surface area contributed by atoms with Gasteiger partial charge in [-0.3, -0.25) is 9.78 Å². The third kappa shape index (κ3) is 6.59. The molecule has 0 bridgehead atoms. The van der Waals surface area contributed by atoms with E-state index >= 15 is 0 Å². The molecule has 0 aliphatic heterocycles. The lowest BCUT2D eigenvalue weighted by molar-refractivity contribution is -0.123. The lowest BCUT2D eigenvalue weighted by Crippen LogP contribution is -2.33. The van der Waals surface area contributed by atoms with Gasteiger partial charge in [0.05, 0.1) is 18.8 Å². The highest BCUT2D eigenvalue weighted by atomic mass is 19.4. The van der Waals surface area contributed by atoms with Gasteiger partial charge in [0.1, 0.15) is 6.54 Å². The minimum atomic E-state index is -4.48. The molecular weight excluding hydrogens is 291 g/mol. The van der Waals surface area contributed by atoms with Gasteiger partial charge in [-0.25, -0.2) is 4.79 Å². The van der Waals surface area contributed by atoms with E-state index in [1.165, 1.54) is 18.3 Å². The summed E-state index contributed by atoms with van der Waals surface area (Å²) in [5, 5.41) is 4.13. The van der Waals surface area contributed by atoms with Crippen molar-refractivity contribution in [2.24, 2.45) is 0 Å². The fourth-order valence-corrected chi connectivity index (χ4v) is 1.34. The van der Waals surface area contributed by atoms with E-state index in [0.717, 1.165) is 0 Å². The summed E-state index contributed by atoms with van der Waals surface area (Å²) >= 11 is 0. The lowest BCUT2D eigenvalue weighted by atomic mass is 10.2. The van der Waals surface area contributed by atoms with Gasteiger partial charge in [0.15, 0.2) is 0 Å². The van der Waals surface area contributed by atoms with Crippen molar-refractivity contribution in [3.63, 3.8) is 0 Å². The van der Waals surface area contributed by atoms with Crippen LogP contribution in [0.5, 0.6) is 0 Å². The number of hydrogen-bond donors (Lipinski definition) is 2. The number of halogens is 3. The monoisotopic (exact) mass is 305 g/mol. The number of alkyl halides is 3. The molecule has 1 aromatic rings. The molecule has 0 atom stereocenters. The molecule has 0 saturated carbocycles. The Morgan fingerprint density at radius 3 is 2.67 bits per heavy atom. The first-order valence-electron chi connectivity index (χ1n) is 6.02. The fourth-order valence-electron chi connectivity index (χ4n) is 1.34. The summed E-state index contributed by atoms with van der Waals surface area (Å²) in [6.07, 6.45) is -3.85. The van der Waals surface area contributed by atoms with E-state index in [1.807, 2.05) is 0 Å². The summed E-state index contributed by atoms with van der Waals surface area (Å²) in [4.78, 5) is 26.5. The average molecular weight is 305 g/mol. The van der Waals surface area contributed by atoms with Crippen LogP contribution in [0.4, 0.5) is 18.0 Å². The summed E-state index contributed by atoms with van der Waals surface area (Å²) in [5.41, 5.74) is 0.345. The Morgan fingerprint density at radius 1 is 1.33 bits per heavy atom. The number of carbonyl (C=O) groups excluding carboxylic acids is 2. The van der Waals surface area contributed by atoms with E-state index in [2.05, 4.69) is 15.0 Å². The van der Waals surface area contributed by atoms with Crippen LogP contribution in [-0.4, -0.2) is 36.3 Å². The summed E-state index contributed by atoms with van der Waals surface area (Å²) in [5.74, 6) is -0.868. The third-order valence-electron chi connectivity index (χ3n) is 2.22. The number of carbonyl (C=O) groups is 2. The topological polar surface area (TPSA) is 80.3 Å². The molecule has 0 saturated heterocycles. The molecule has 1 aromatic heterocycles. The first-order chi connectivity index (χ1) is 9.81. The molecule has 0 fully saturated rings. The van der Waals surface area contributed by atoms with Crippen LogP contribution >= 0.6 is 0 Å². The average Bonchev–Trinajstić information content (AvgIpc) is 2.42. The molecular formula is C12H14F3N3O3. The minimum absolute atomic E-state index is 0.000770. The highest BCUT2D eigenvalue weighted by Crippen LogP contribution is 2.12. The second-order valence-electron chi connectivity index (χ2n) is 3.91. The second-order valence-corrected chi connectivity index (χ2v) is 3.91. The number of aromatic nitrogens is 1. The SMILES string of the molecule is CCOC(=O)NCc1cc(C(=O)NCC(F)(F)F)ccn1. The van der Waals surface area contributed by atoms with E-state index in [-0.39, 0.29) is 18.7 Å². The molecule has 9 heteroatoms. The van der Waals surface area contributed by atoms with Gasteiger partial charge in [0.2, 0.25) is 0 Å². The van der Waals surface area contributed by atoms with Gasteiger partial charge in [-0.2, -0.15) is 13.2 Å². The number of rotatable bonds is 5. The number of nitrogens with one attached hydrogen (secondary N) is 2. The van der Waals surface area contributed by atoms with Crippen LogP contribution < -0.4 is 10.6 Å². The lowest BCUT2D eigenvalue weighted by Gasteiger charge is -2.09. The molecule has 0 unspecified atom stereocenters. The van der Waals surface area contributed by atoms with Crippen LogP contribution in [-0.2, 0) is 11.3 Å². The molecule has 1 heterocycles. The molecule has 2 amide bonds. The van der Waals surface area contributed by atoms with Crippen molar-refractivity contribution in [2.45, 2.75) is 19.6 Å². The summed E-state index contributed by atoms with van der Waals surface area (Å²) < 4.78 is 40.6. The van der Waals surface area contributed by atoms with Crippen LogP contribution in [0.25, 0.3) is 0 Å². The smallest absolute Gasteiger partial charge is 0.407 e. The standard InChI is InChI=1S/C12H14F3N3O3/c1-2-21-11(20)17-6-9-5-8(3-4-16-9)10(19)18-7-12(13,14)15/h3-5H,2,6-7H2,1H3,(H,17,20)(H,18,19). The maximum atomic E-state index is 12.0. The van der Waals surface area contributed by atoms with Crippen molar-refractivity contribution < 1.29 is 27.5 Å². The maximum Gasteiger partial charge on any atom is 0.407 e. The van der Waals surface area contributed by atoms with Crippen LogP contribution in [0.15, 0.2) is 18.3 Å². The normalized spacial score (nSPS) is 10.9. The van der Waals surface area contributed by atoms with Gasteiger partial charge in [0.25, 0.3) is 5.91 Å². The van der Waals surface area contributed by atoms with Crippen molar-refractivity contribution in [2.75, 3.05) is 13.2 Å². The first-order valence-corrected chi connectivity index (χ1v) is 6.02. The van der Waals surface area contributed by atoms with Gasteiger partial charge >= 0.3 is 12.3 Å². The molecule has 0 aliphatic carbocycles. The van der Waals surface area contributed by atoms with Gasteiger partial charge in [0, 0.05) is 11.8 Å². The zero-order chi connectivity index (χ0) is 15.9. The molecule has 6 nitrogen and oxygen atoms in total. The van der Waals surface area contributed by atoms with E-state index < -0.39 is 24.7 Å². The van der Waals surface area contributed by atoms with E-state index in [1.54, 1.807) is 12.2 Å². The molecule has 0 radical (unpaired) electrons. The number of alkyl carbamates (subject to hydrolysis) is 1. The molecule has 1 rings (SSSR count). The Hall–Kier alpha value is -2.32. The van der Waals surface area contributed by atoms with E-state index in [0.29, 0.717) is 5.69 Å². The van der Waals surface area contributed by atoms with Gasteiger partial charge in [-0.15, -0.1) is 0 Å². The van der Waals surface area contributed by atoms with E-state index in [4.69, 9.17) is 0 Å².